The summed E-state index contributed by atoms with van der Waals surface area (Å²) in [5.41, 5.74) is 2.91. The van der Waals surface area contributed by atoms with Gasteiger partial charge in [0.05, 0.1) is 0 Å². The molecule has 0 saturated carbocycles. The summed E-state index contributed by atoms with van der Waals surface area (Å²) in [6.07, 6.45) is 6.79. The van der Waals surface area contributed by atoms with Crippen LogP contribution in [0, 0.1) is 0 Å². The fourth-order valence-corrected chi connectivity index (χ4v) is 2.60. The van der Waals surface area contributed by atoms with Gasteiger partial charge in [-0.1, -0.05) is 57.4 Å². The van der Waals surface area contributed by atoms with Crippen molar-refractivity contribution in [1.82, 2.24) is 5.32 Å². The topological polar surface area (TPSA) is 12.0 Å². The molecule has 1 heteroatoms. The van der Waals surface area contributed by atoms with E-state index in [1.807, 2.05) is 0 Å². The van der Waals surface area contributed by atoms with Gasteiger partial charge in [-0.3, -0.25) is 0 Å². The second-order valence-corrected chi connectivity index (χ2v) is 5.53. The van der Waals surface area contributed by atoms with Gasteiger partial charge in [0, 0.05) is 6.04 Å². The molecule has 0 radical (unpaired) electrons. The molecule has 0 spiro atoms. The predicted molar refractivity (Wildman–Crippen MR) is 74.4 cm³/mol. The van der Waals surface area contributed by atoms with Crippen LogP contribution < -0.4 is 5.32 Å². The lowest BCUT2D eigenvalue weighted by molar-refractivity contribution is 0.427. The van der Waals surface area contributed by atoms with Crippen molar-refractivity contribution < 1.29 is 0 Å². The number of benzene rings is 1. The van der Waals surface area contributed by atoms with Crippen molar-refractivity contribution in [2.45, 2.75) is 57.9 Å². The normalized spacial score (nSPS) is 22.2. The Hall–Kier alpha value is -0.820. The minimum Gasteiger partial charge on any atom is -0.310 e. The Bertz CT molecular complexity index is 318. The zero-order valence-corrected chi connectivity index (χ0v) is 11.2. The van der Waals surface area contributed by atoms with E-state index in [9.17, 15) is 0 Å². The highest BCUT2D eigenvalue weighted by atomic mass is 14.9. The van der Waals surface area contributed by atoms with Crippen LogP contribution in [0.25, 0.3) is 0 Å². The van der Waals surface area contributed by atoms with Gasteiger partial charge < -0.3 is 5.32 Å². The minimum atomic E-state index is 0.580. The number of nitrogens with one attached hydrogen (secondary N) is 1. The highest BCUT2D eigenvalue weighted by Gasteiger charge is 2.12. The van der Waals surface area contributed by atoms with Crippen LogP contribution in [0.1, 0.15) is 69.0 Å². The van der Waals surface area contributed by atoms with Crippen molar-refractivity contribution in [1.29, 1.82) is 0 Å². The van der Waals surface area contributed by atoms with Gasteiger partial charge in [-0.2, -0.15) is 0 Å². The van der Waals surface area contributed by atoms with E-state index in [1.165, 1.54) is 49.8 Å². The van der Waals surface area contributed by atoms with Crippen molar-refractivity contribution in [3.63, 3.8) is 0 Å². The fourth-order valence-electron chi connectivity index (χ4n) is 2.60. The minimum absolute atomic E-state index is 0.580. The number of rotatable bonds is 2. The molecule has 0 aliphatic carbocycles. The molecule has 0 aromatic heterocycles. The summed E-state index contributed by atoms with van der Waals surface area (Å²) in [6.45, 7) is 5.68. The van der Waals surface area contributed by atoms with Crippen LogP contribution in [0.2, 0.25) is 0 Å². The lowest BCUT2D eigenvalue weighted by Gasteiger charge is -2.22. The molecule has 1 fully saturated rings. The van der Waals surface area contributed by atoms with Gasteiger partial charge in [-0.25, -0.2) is 0 Å². The van der Waals surface area contributed by atoms with Crippen molar-refractivity contribution in [3.05, 3.63) is 35.4 Å². The maximum absolute atomic E-state index is 3.69. The van der Waals surface area contributed by atoms with Crippen molar-refractivity contribution >= 4 is 0 Å². The number of hydrogen-bond donors (Lipinski definition) is 1. The van der Waals surface area contributed by atoms with Gasteiger partial charge in [0.1, 0.15) is 0 Å². The monoisotopic (exact) mass is 231 g/mol. The molecule has 1 unspecified atom stereocenters. The molecule has 1 N–H and O–H groups in total. The first-order valence-corrected chi connectivity index (χ1v) is 7.10. The third-order valence-electron chi connectivity index (χ3n) is 3.82. The van der Waals surface area contributed by atoms with Crippen LogP contribution in [0.15, 0.2) is 24.3 Å². The summed E-state index contributed by atoms with van der Waals surface area (Å²) < 4.78 is 0. The Morgan fingerprint density at radius 1 is 1.00 bits per heavy atom. The molecule has 1 nitrogen and oxygen atoms in total. The molecule has 1 atom stereocenters. The molecule has 1 saturated heterocycles. The average molecular weight is 231 g/mol. The Balaban J connectivity index is 2.04. The molecule has 17 heavy (non-hydrogen) atoms. The van der Waals surface area contributed by atoms with Gasteiger partial charge in [0.25, 0.3) is 0 Å². The zero-order chi connectivity index (χ0) is 12.1. The summed E-state index contributed by atoms with van der Waals surface area (Å²) in [7, 11) is 0. The van der Waals surface area contributed by atoms with E-state index < -0.39 is 0 Å². The summed E-state index contributed by atoms with van der Waals surface area (Å²) in [6, 6.07) is 9.79. The molecule has 0 bridgehead atoms. The largest absolute Gasteiger partial charge is 0.310 e. The van der Waals surface area contributed by atoms with Gasteiger partial charge in [-0.15, -0.1) is 0 Å². The van der Waals surface area contributed by atoms with Crippen LogP contribution in [0.3, 0.4) is 0 Å². The molecule has 1 aliphatic heterocycles. The van der Waals surface area contributed by atoms with E-state index in [0.717, 1.165) is 0 Å². The second-order valence-electron chi connectivity index (χ2n) is 5.53. The zero-order valence-electron chi connectivity index (χ0n) is 11.2. The summed E-state index contributed by atoms with van der Waals surface area (Å²) in [4.78, 5) is 0. The Morgan fingerprint density at radius 3 is 2.41 bits per heavy atom. The highest BCUT2D eigenvalue weighted by Crippen LogP contribution is 2.24. The maximum atomic E-state index is 3.69. The van der Waals surface area contributed by atoms with Gasteiger partial charge in [0.2, 0.25) is 0 Å². The molecule has 0 amide bonds. The lowest BCUT2D eigenvalue weighted by atomic mass is 9.95. The maximum Gasteiger partial charge on any atom is 0.0320 e. The van der Waals surface area contributed by atoms with Crippen molar-refractivity contribution in [2.75, 3.05) is 6.54 Å². The van der Waals surface area contributed by atoms with Crippen LogP contribution >= 0.6 is 0 Å². The SMILES string of the molecule is CC(C)c1ccc(C2CCCCCCN2)cc1. The van der Waals surface area contributed by atoms with Crippen LogP contribution in [-0.4, -0.2) is 6.54 Å². The molecule has 94 valence electrons. The van der Waals surface area contributed by atoms with Gasteiger partial charge in [-0.05, 0) is 36.4 Å². The Morgan fingerprint density at radius 2 is 1.71 bits per heavy atom. The first kappa shape index (κ1) is 12.6. The fraction of sp³-hybridized carbons (Fsp3) is 0.625. The van der Waals surface area contributed by atoms with E-state index in [4.69, 9.17) is 0 Å². The molecule has 1 aliphatic rings. The van der Waals surface area contributed by atoms with Crippen LogP contribution in [0.4, 0.5) is 0 Å². The highest BCUT2D eigenvalue weighted by molar-refractivity contribution is 5.26. The first-order valence-electron chi connectivity index (χ1n) is 7.10. The molecule has 2 rings (SSSR count). The Kier molecular flexibility index (Phi) is 4.61. The van der Waals surface area contributed by atoms with Crippen LogP contribution in [0.5, 0.6) is 0 Å². The van der Waals surface area contributed by atoms with Gasteiger partial charge in [0.15, 0.2) is 0 Å². The average Bonchev–Trinajstić information content (AvgIpc) is 2.29. The smallest absolute Gasteiger partial charge is 0.0320 e. The standard InChI is InChI=1S/C16H25N/c1-13(2)14-8-10-15(11-9-14)16-7-5-3-4-6-12-17-16/h8-11,13,16-17H,3-7,12H2,1-2H3. The summed E-state index contributed by atoms with van der Waals surface area (Å²) in [5, 5.41) is 3.69. The van der Waals surface area contributed by atoms with E-state index >= 15 is 0 Å². The van der Waals surface area contributed by atoms with E-state index in [-0.39, 0.29) is 0 Å². The first-order chi connectivity index (χ1) is 8.27. The Labute approximate surface area is 106 Å². The molecular weight excluding hydrogens is 206 g/mol. The number of hydrogen-bond acceptors (Lipinski definition) is 1. The van der Waals surface area contributed by atoms with Crippen LogP contribution in [-0.2, 0) is 0 Å². The predicted octanol–water partition coefficient (Wildman–Crippen LogP) is 4.40. The molecule has 1 aromatic rings. The van der Waals surface area contributed by atoms with E-state index in [0.29, 0.717) is 12.0 Å². The van der Waals surface area contributed by atoms with Gasteiger partial charge >= 0.3 is 0 Å². The van der Waals surface area contributed by atoms with Crippen molar-refractivity contribution in [2.24, 2.45) is 0 Å². The molecule has 1 heterocycles. The van der Waals surface area contributed by atoms with E-state index in [2.05, 4.69) is 43.4 Å². The quantitative estimate of drug-likeness (QED) is 0.795. The third kappa shape index (κ3) is 3.57. The lowest BCUT2D eigenvalue weighted by Crippen LogP contribution is -2.24. The summed E-state index contributed by atoms with van der Waals surface area (Å²) >= 11 is 0. The molecule has 1 aromatic carbocycles. The van der Waals surface area contributed by atoms with Crippen molar-refractivity contribution in [3.8, 4) is 0 Å². The third-order valence-corrected chi connectivity index (χ3v) is 3.82. The summed E-state index contributed by atoms with van der Waals surface area (Å²) in [5.74, 6) is 0.634. The molecular formula is C16H25N. The second kappa shape index (κ2) is 6.20. The van der Waals surface area contributed by atoms with E-state index in [1.54, 1.807) is 0 Å².